The standard InChI is InChI=1S/C23H28N6O5/c1-2-15-14(18-19(24)28-23(25)29-20(18)26-15)5-3-4-12-6-8-13(9-7-12)21(32)27-16(22(33)34)10-11-17(30)31/h6-9,16H,2-5,10-11H2,1H3,(H,27,32)(H,30,31)(H,33,34)(H5,24,25,26,28,29)/t16-/m0/s1. The molecule has 0 saturated heterocycles. The van der Waals surface area contributed by atoms with Crippen molar-refractivity contribution in [3.63, 3.8) is 0 Å². The number of nitrogens with zero attached hydrogens (tertiary/aromatic N) is 2. The lowest BCUT2D eigenvalue weighted by molar-refractivity contribution is -0.140. The molecule has 3 aromatic rings. The number of nitrogens with two attached hydrogens (primary N) is 2. The van der Waals surface area contributed by atoms with Crippen LogP contribution in [0.3, 0.4) is 0 Å². The van der Waals surface area contributed by atoms with Crippen LogP contribution in [-0.4, -0.2) is 49.1 Å². The summed E-state index contributed by atoms with van der Waals surface area (Å²) in [6, 6.07) is 5.61. The molecule has 11 nitrogen and oxygen atoms in total. The molecular formula is C23H28N6O5. The van der Waals surface area contributed by atoms with Gasteiger partial charge in [-0.3, -0.25) is 9.59 Å². The van der Waals surface area contributed by atoms with Gasteiger partial charge in [-0.2, -0.15) is 9.97 Å². The maximum Gasteiger partial charge on any atom is 0.326 e. The van der Waals surface area contributed by atoms with Crippen molar-refractivity contribution >= 4 is 40.6 Å². The summed E-state index contributed by atoms with van der Waals surface area (Å²) >= 11 is 0. The zero-order valence-corrected chi connectivity index (χ0v) is 18.8. The molecule has 0 spiro atoms. The minimum absolute atomic E-state index is 0.126. The van der Waals surface area contributed by atoms with E-state index in [1.165, 1.54) is 0 Å². The lowest BCUT2D eigenvalue weighted by atomic mass is 10.0. The van der Waals surface area contributed by atoms with E-state index in [-0.39, 0.29) is 18.8 Å². The number of amides is 1. The summed E-state index contributed by atoms with van der Waals surface area (Å²) in [5.41, 5.74) is 15.9. The van der Waals surface area contributed by atoms with Crippen LogP contribution in [0.4, 0.5) is 11.8 Å². The van der Waals surface area contributed by atoms with E-state index in [4.69, 9.17) is 16.6 Å². The summed E-state index contributed by atoms with van der Waals surface area (Å²) in [5.74, 6) is -2.48. The number of H-pyrrole nitrogens is 1. The molecule has 8 N–H and O–H groups in total. The van der Waals surface area contributed by atoms with Crippen molar-refractivity contribution < 1.29 is 24.6 Å². The van der Waals surface area contributed by atoms with Gasteiger partial charge in [-0.25, -0.2) is 4.79 Å². The first-order valence-electron chi connectivity index (χ1n) is 11.0. The van der Waals surface area contributed by atoms with Gasteiger partial charge in [0.1, 0.15) is 17.5 Å². The number of carbonyl (C=O) groups excluding carboxylic acids is 1. The summed E-state index contributed by atoms with van der Waals surface area (Å²) in [5, 5.41) is 21.1. The van der Waals surface area contributed by atoms with Gasteiger partial charge in [-0.05, 0) is 55.4 Å². The third-order valence-electron chi connectivity index (χ3n) is 5.60. The second kappa shape index (κ2) is 10.6. The average Bonchev–Trinajstić information content (AvgIpc) is 3.14. The van der Waals surface area contributed by atoms with Crippen molar-refractivity contribution in [1.29, 1.82) is 0 Å². The Morgan fingerprint density at radius 1 is 1.09 bits per heavy atom. The number of carboxylic acid groups (broad SMARTS) is 2. The molecule has 180 valence electrons. The Morgan fingerprint density at radius 3 is 2.41 bits per heavy atom. The number of hydrogen-bond acceptors (Lipinski definition) is 7. The molecule has 1 amide bonds. The Bertz CT molecular complexity index is 1200. The van der Waals surface area contributed by atoms with E-state index in [1.807, 2.05) is 19.1 Å². The lowest BCUT2D eigenvalue weighted by Crippen LogP contribution is -2.41. The number of nitrogen functional groups attached to an aromatic ring is 2. The van der Waals surface area contributed by atoms with Crippen LogP contribution in [0.25, 0.3) is 11.0 Å². The van der Waals surface area contributed by atoms with Gasteiger partial charge in [0, 0.05) is 17.7 Å². The Hall–Kier alpha value is -4.15. The first-order valence-corrected chi connectivity index (χ1v) is 11.0. The molecule has 0 aliphatic carbocycles. The third kappa shape index (κ3) is 5.80. The van der Waals surface area contributed by atoms with Crippen LogP contribution in [0.5, 0.6) is 0 Å². The summed E-state index contributed by atoms with van der Waals surface area (Å²) in [6.45, 7) is 2.04. The van der Waals surface area contributed by atoms with Gasteiger partial charge >= 0.3 is 11.9 Å². The number of nitrogens with one attached hydrogen (secondary N) is 2. The normalized spacial score (nSPS) is 11.9. The lowest BCUT2D eigenvalue weighted by Gasteiger charge is -2.13. The van der Waals surface area contributed by atoms with Crippen LogP contribution in [0, 0.1) is 0 Å². The SMILES string of the molecule is CCc1[nH]c2nc(N)nc(N)c2c1CCCc1ccc(C(=O)N[C@@H](CCC(=O)O)C(=O)O)cc1. The number of carbonyl (C=O) groups is 3. The Balaban J connectivity index is 1.62. The number of rotatable bonds is 11. The predicted octanol–water partition coefficient (Wildman–Crippen LogP) is 1.91. The number of aromatic amines is 1. The molecule has 11 heteroatoms. The molecule has 0 aliphatic heterocycles. The molecule has 0 unspecified atom stereocenters. The maximum absolute atomic E-state index is 12.4. The minimum Gasteiger partial charge on any atom is -0.481 e. The third-order valence-corrected chi connectivity index (χ3v) is 5.60. The molecule has 1 aromatic carbocycles. The minimum atomic E-state index is -1.27. The quantitative estimate of drug-likeness (QED) is 0.243. The molecule has 0 saturated carbocycles. The van der Waals surface area contributed by atoms with E-state index >= 15 is 0 Å². The Kier molecular flexibility index (Phi) is 7.67. The summed E-state index contributed by atoms with van der Waals surface area (Å²) in [4.78, 5) is 45.9. The number of aromatic nitrogens is 3. The van der Waals surface area contributed by atoms with Gasteiger partial charge in [0.2, 0.25) is 5.95 Å². The molecule has 3 rings (SSSR count). The van der Waals surface area contributed by atoms with Crippen molar-refractivity contribution in [2.75, 3.05) is 11.5 Å². The van der Waals surface area contributed by atoms with Gasteiger partial charge in [0.15, 0.2) is 0 Å². The number of fused-ring (bicyclic) bond motifs is 1. The summed E-state index contributed by atoms with van der Waals surface area (Å²) in [7, 11) is 0. The van der Waals surface area contributed by atoms with Crippen LogP contribution in [-0.2, 0) is 28.9 Å². The number of hydrogen-bond donors (Lipinski definition) is 6. The highest BCUT2D eigenvalue weighted by molar-refractivity contribution is 5.96. The molecule has 0 bridgehead atoms. The van der Waals surface area contributed by atoms with Crippen molar-refractivity contribution in [3.05, 3.63) is 46.6 Å². The molecule has 2 aromatic heterocycles. The number of aryl methyl sites for hydroxylation is 3. The van der Waals surface area contributed by atoms with E-state index in [1.54, 1.807) is 12.1 Å². The van der Waals surface area contributed by atoms with E-state index < -0.39 is 23.9 Å². The molecule has 2 heterocycles. The number of aliphatic carboxylic acids is 2. The zero-order chi connectivity index (χ0) is 24.8. The number of benzene rings is 1. The van der Waals surface area contributed by atoms with E-state index in [0.717, 1.165) is 47.9 Å². The van der Waals surface area contributed by atoms with Crippen molar-refractivity contribution in [1.82, 2.24) is 20.3 Å². The topological polar surface area (TPSA) is 197 Å². The molecule has 1 atom stereocenters. The number of anilines is 2. The van der Waals surface area contributed by atoms with Gasteiger partial charge < -0.3 is 32.0 Å². The highest BCUT2D eigenvalue weighted by Gasteiger charge is 2.21. The van der Waals surface area contributed by atoms with Gasteiger partial charge in [0.05, 0.1) is 5.39 Å². The van der Waals surface area contributed by atoms with Crippen LogP contribution >= 0.6 is 0 Å². The smallest absolute Gasteiger partial charge is 0.326 e. The van der Waals surface area contributed by atoms with Crippen LogP contribution < -0.4 is 16.8 Å². The Labute approximate surface area is 195 Å². The molecule has 34 heavy (non-hydrogen) atoms. The fourth-order valence-corrected chi connectivity index (χ4v) is 3.89. The first kappa shape index (κ1) is 24.5. The largest absolute Gasteiger partial charge is 0.481 e. The van der Waals surface area contributed by atoms with Crippen molar-refractivity contribution in [2.45, 2.75) is 51.5 Å². The van der Waals surface area contributed by atoms with Crippen LogP contribution in [0.2, 0.25) is 0 Å². The fraction of sp³-hybridized carbons (Fsp3) is 0.348. The molecule has 0 fully saturated rings. The zero-order valence-electron chi connectivity index (χ0n) is 18.8. The summed E-state index contributed by atoms with van der Waals surface area (Å²) < 4.78 is 0. The second-order valence-electron chi connectivity index (χ2n) is 7.97. The number of carboxylic acids is 2. The molecule has 0 radical (unpaired) electrons. The van der Waals surface area contributed by atoms with Gasteiger partial charge in [-0.15, -0.1) is 0 Å². The van der Waals surface area contributed by atoms with Crippen molar-refractivity contribution in [2.24, 2.45) is 0 Å². The van der Waals surface area contributed by atoms with Gasteiger partial charge in [0.25, 0.3) is 5.91 Å². The second-order valence-corrected chi connectivity index (χ2v) is 7.97. The van der Waals surface area contributed by atoms with Crippen LogP contribution in [0.15, 0.2) is 24.3 Å². The predicted molar refractivity (Wildman–Crippen MR) is 126 cm³/mol. The monoisotopic (exact) mass is 468 g/mol. The van der Waals surface area contributed by atoms with Crippen LogP contribution in [0.1, 0.15) is 53.4 Å². The Morgan fingerprint density at radius 2 is 1.79 bits per heavy atom. The van der Waals surface area contributed by atoms with Gasteiger partial charge in [-0.1, -0.05) is 19.1 Å². The molecular weight excluding hydrogens is 440 g/mol. The fourth-order valence-electron chi connectivity index (χ4n) is 3.89. The average molecular weight is 469 g/mol. The first-order chi connectivity index (χ1) is 16.2. The molecule has 0 aliphatic rings. The highest BCUT2D eigenvalue weighted by Crippen LogP contribution is 2.28. The van der Waals surface area contributed by atoms with Crippen molar-refractivity contribution in [3.8, 4) is 0 Å². The van der Waals surface area contributed by atoms with E-state index in [0.29, 0.717) is 17.0 Å². The van der Waals surface area contributed by atoms with E-state index in [2.05, 4.69) is 20.3 Å². The maximum atomic E-state index is 12.4. The highest BCUT2D eigenvalue weighted by atomic mass is 16.4. The van der Waals surface area contributed by atoms with E-state index in [9.17, 15) is 19.5 Å². The summed E-state index contributed by atoms with van der Waals surface area (Å²) in [6.07, 6.45) is 2.59.